The molecule has 3 heterocycles. The average molecular weight is 243 g/mol. The number of hydrogen-bond acceptors (Lipinski definition) is 4. The largest absolute Gasteiger partial charge is 0.314 e. The Bertz CT molecular complexity index is 743. The second-order valence-corrected chi connectivity index (χ2v) is 3.94. The third kappa shape index (κ3) is 1.53. The highest BCUT2D eigenvalue weighted by Gasteiger charge is 2.14. The van der Waals surface area contributed by atoms with Crippen molar-refractivity contribution in [3.63, 3.8) is 0 Å². The maximum Gasteiger partial charge on any atom is 0.314 e. The molecule has 0 unspecified atom stereocenters. The molecule has 0 radical (unpaired) electrons. The van der Waals surface area contributed by atoms with Crippen LogP contribution in [0, 0.1) is 10.1 Å². The van der Waals surface area contributed by atoms with Crippen molar-refractivity contribution in [3.05, 3.63) is 47.0 Å². The van der Waals surface area contributed by atoms with Gasteiger partial charge in [0.05, 0.1) is 11.1 Å². The van der Waals surface area contributed by atoms with E-state index in [-0.39, 0.29) is 5.69 Å². The van der Waals surface area contributed by atoms with Gasteiger partial charge in [-0.15, -0.1) is 0 Å². The molecule has 0 fully saturated rings. The van der Waals surface area contributed by atoms with Crippen molar-refractivity contribution in [2.24, 2.45) is 7.05 Å². The van der Waals surface area contributed by atoms with E-state index in [9.17, 15) is 10.1 Å². The Morgan fingerprint density at radius 1 is 1.17 bits per heavy atom. The third-order valence-electron chi connectivity index (χ3n) is 2.73. The van der Waals surface area contributed by atoms with Crippen molar-refractivity contribution < 1.29 is 4.92 Å². The molecule has 0 aliphatic rings. The van der Waals surface area contributed by atoms with Gasteiger partial charge in [-0.1, -0.05) is 6.07 Å². The van der Waals surface area contributed by atoms with Crippen molar-refractivity contribution in [3.8, 4) is 11.1 Å². The Labute approximate surface area is 101 Å². The van der Waals surface area contributed by atoms with Crippen LogP contribution in [0.3, 0.4) is 0 Å². The van der Waals surface area contributed by atoms with Gasteiger partial charge < -0.3 is 0 Å². The van der Waals surface area contributed by atoms with Crippen LogP contribution in [0.1, 0.15) is 0 Å². The first-order valence-corrected chi connectivity index (χ1v) is 5.26. The Morgan fingerprint density at radius 3 is 2.67 bits per heavy atom. The zero-order chi connectivity index (χ0) is 12.7. The van der Waals surface area contributed by atoms with E-state index in [4.69, 9.17) is 0 Å². The standard InChI is InChI=1S/C11H9N5O2/c1-14-6-9(4-12-14)8-2-3-10-11(16(17)18)5-13-15(10)7-8/h2-7H,1H3. The van der Waals surface area contributed by atoms with Crippen LogP contribution in [0.15, 0.2) is 36.9 Å². The van der Waals surface area contributed by atoms with E-state index in [1.165, 1.54) is 10.7 Å². The molecule has 0 saturated heterocycles. The van der Waals surface area contributed by atoms with E-state index in [2.05, 4.69) is 10.2 Å². The number of nitrogens with zero attached hydrogens (tertiary/aromatic N) is 5. The summed E-state index contributed by atoms with van der Waals surface area (Å²) in [7, 11) is 1.83. The summed E-state index contributed by atoms with van der Waals surface area (Å²) in [4.78, 5) is 10.3. The molecular formula is C11H9N5O2. The summed E-state index contributed by atoms with van der Waals surface area (Å²) in [6, 6.07) is 3.51. The minimum atomic E-state index is -0.438. The molecule has 3 aromatic rings. The topological polar surface area (TPSA) is 78.3 Å². The molecule has 0 amide bonds. The fourth-order valence-electron chi connectivity index (χ4n) is 1.85. The van der Waals surface area contributed by atoms with Crippen molar-refractivity contribution in [1.29, 1.82) is 0 Å². The van der Waals surface area contributed by atoms with Gasteiger partial charge in [-0.05, 0) is 6.07 Å². The number of nitro groups is 1. The van der Waals surface area contributed by atoms with Gasteiger partial charge in [0, 0.05) is 30.6 Å². The second-order valence-electron chi connectivity index (χ2n) is 3.94. The molecule has 0 N–H and O–H groups in total. The molecule has 3 rings (SSSR count). The van der Waals surface area contributed by atoms with Gasteiger partial charge in [0.2, 0.25) is 0 Å². The monoisotopic (exact) mass is 243 g/mol. The lowest BCUT2D eigenvalue weighted by Gasteiger charge is -1.98. The first kappa shape index (κ1) is 10.5. The molecule has 0 aliphatic carbocycles. The van der Waals surface area contributed by atoms with E-state index in [1.54, 1.807) is 23.1 Å². The van der Waals surface area contributed by atoms with E-state index >= 15 is 0 Å². The van der Waals surface area contributed by atoms with Crippen LogP contribution in [0.4, 0.5) is 5.69 Å². The lowest BCUT2D eigenvalue weighted by molar-refractivity contribution is -0.383. The number of pyridine rings is 1. The highest BCUT2D eigenvalue weighted by molar-refractivity contribution is 5.69. The average Bonchev–Trinajstić information content (AvgIpc) is 2.93. The Hall–Kier alpha value is -2.70. The molecule has 0 bridgehead atoms. The molecule has 0 aliphatic heterocycles. The molecule has 7 nitrogen and oxygen atoms in total. The molecule has 3 aromatic heterocycles. The molecule has 0 atom stereocenters. The maximum absolute atomic E-state index is 10.8. The molecule has 0 aromatic carbocycles. The highest BCUT2D eigenvalue weighted by atomic mass is 16.6. The lowest BCUT2D eigenvalue weighted by atomic mass is 10.1. The molecule has 0 spiro atoms. The van der Waals surface area contributed by atoms with Crippen molar-refractivity contribution in [1.82, 2.24) is 19.4 Å². The van der Waals surface area contributed by atoms with E-state index < -0.39 is 4.92 Å². The molecule has 18 heavy (non-hydrogen) atoms. The van der Waals surface area contributed by atoms with Gasteiger partial charge in [0.1, 0.15) is 11.7 Å². The van der Waals surface area contributed by atoms with Crippen molar-refractivity contribution in [2.45, 2.75) is 0 Å². The van der Waals surface area contributed by atoms with Crippen LogP contribution in [-0.2, 0) is 7.05 Å². The predicted octanol–water partition coefficient (Wildman–Crippen LogP) is 1.64. The molecule has 90 valence electrons. The Morgan fingerprint density at radius 2 is 2.00 bits per heavy atom. The summed E-state index contributed by atoms with van der Waals surface area (Å²) < 4.78 is 3.20. The number of aryl methyl sites for hydroxylation is 1. The van der Waals surface area contributed by atoms with E-state index in [1.807, 2.05) is 19.3 Å². The van der Waals surface area contributed by atoms with Crippen LogP contribution in [-0.4, -0.2) is 24.3 Å². The van der Waals surface area contributed by atoms with Crippen LogP contribution in [0.2, 0.25) is 0 Å². The van der Waals surface area contributed by atoms with Crippen LogP contribution in [0.25, 0.3) is 16.6 Å². The third-order valence-corrected chi connectivity index (χ3v) is 2.73. The fraction of sp³-hybridized carbons (Fsp3) is 0.0909. The lowest BCUT2D eigenvalue weighted by Crippen LogP contribution is -1.90. The molecular weight excluding hydrogens is 234 g/mol. The SMILES string of the molecule is Cn1cc(-c2ccc3c([N+](=O)[O-])cnn3c2)cn1. The Kier molecular flexibility index (Phi) is 2.12. The predicted molar refractivity (Wildman–Crippen MR) is 64.0 cm³/mol. The minimum absolute atomic E-state index is 0.00716. The summed E-state index contributed by atoms with van der Waals surface area (Å²) in [5.74, 6) is 0. The van der Waals surface area contributed by atoms with E-state index in [0.29, 0.717) is 5.52 Å². The summed E-state index contributed by atoms with van der Waals surface area (Å²) in [6.07, 6.45) is 6.61. The number of aromatic nitrogens is 4. The van der Waals surface area contributed by atoms with Gasteiger partial charge >= 0.3 is 5.69 Å². The van der Waals surface area contributed by atoms with Gasteiger partial charge in [0.15, 0.2) is 0 Å². The summed E-state index contributed by atoms with van der Waals surface area (Å²) >= 11 is 0. The Balaban J connectivity index is 2.15. The van der Waals surface area contributed by atoms with Gasteiger partial charge in [-0.3, -0.25) is 14.8 Å². The zero-order valence-electron chi connectivity index (χ0n) is 9.52. The molecule has 0 saturated carbocycles. The normalized spacial score (nSPS) is 10.9. The first-order chi connectivity index (χ1) is 8.65. The smallest absolute Gasteiger partial charge is 0.275 e. The summed E-state index contributed by atoms with van der Waals surface area (Å²) in [5.41, 5.74) is 2.34. The quantitative estimate of drug-likeness (QED) is 0.506. The first-order valence-electron chi connectivity index (χ1n) is 5.26. The number of rotatable bonds is 2. The van der Waals surface area contributed by atoms with Gasteiger partial charge in [-0.25, -0.2) is 4.52 Å². The molecule has 7 heteroatoms. The van der Waals surface area contributed by atoms with Gasteiger partial charge in [0.25, 0.3) is 0 Å². The highest BCUT2D eigenvalue weighted by Crippen LogP contribution is 2.23. The van der Waals surface area contributed by atoms with Crippen LogP contribution in [0.5, 0.6) is 0 Å². The summed E-state index contributed by atoms with van der Waals surface area (Å²) in [6.45, 7) is 0. The van der Waals surface area contributed by atoms with Gasteiger partial charge in [-0.2, -0.15) is 10.2 Å². The minimum Gasteiger partial charge on any atom is -0.275 e. The van der Waals surface area contributed by atoms with Crippen LogP contribution < -0.4 is 0 Å². The summed E-state index contributed by atoms with van der Waals surface area (Å²) in [5, 5.41) is 18.8. The fourth-order valence-corrected chi connectivity index (χ4v) is 1.85. The van der Waals surface area contributed by atoms with Crippen molar-refractivity contribution >= 4 is 11.2 Å². The second kappa shape index (κ2) is 3.66. The zero-order valence-corrected chi connectivity index (χ0v) is 9.52. The number of fused-ring (bicyclic) bond motifs is 1. The van der Waals surface area contributed by atoms with Crippen LogP contribution >= 0.6 is 0 Å². The number of hydrogen-bond donors (Lipinski definition) is 0. The van der Waals surface area contributed by atoms with Crippen molar-refractivity contribution in [2.75, 3.05) is 0 Å². The maximum atomic E-state index is 10.8. The van der Waals surface area contributed by atoms with E-state index in [0.717, 1.165) is 11.1 Å².